The molecule has 25 heavy (non-hydrogen) atoms. The molecule has 2 rings (SSSR count). The minimum Gasteiger partial charge on any atom is -0.354 e. The van der Waals surface area contributed by atoms with Crippen molar-refractivity contribution in [2.75, 3.05) is 20.6 Å². The molecular formula is C20H25ClN2OS. The second kappa shape index (κ2) is 9.85. The summed E-state index contributed by atoms with van der Waals surface area (Å²) in [5.74, 6) is 0.0554. The minimum absolute atomic E-state index is 0.0554. The lowest BCUT2D eigenvalue weighted by molar-refractivity contribution is -0.120. The third-order valence-electron chi connectivity index (χ3n) is 4.05. The van der Waals surface area contributed by atoms with Crippen LogP contribution < -0.4 is 5.32 Å². The van der Waals surface area contributed by atoms with Crippen molar-refractivity contribution >= 4 is 29.3 Å². The van der Waals surface area contributed by atoms with Crippen molar-refractivity contribution in [3.05, 3.63) is 65.2 Å². The summed E-state index contributed by atoms with van der Waals surface area (Å²) in [6.07, 6.45) is 0.910. The summed E-state index contributed by atoms with van der Waals surface area (Å²) in [4.78, 5) is 15.6. The molecule has 2 aromatic carbocycles. The van der Waals surface area contributed by atoms with Crippen LogP contribution in [-0.2, 0) is 11.2 Å². The Morgan fingerprint density at radius 2 is 1.76 bits per heavy atom. The highest BCUT2D eigenvalue weighted by atomic mass is 35.5. The lowest BCUT2D eigenvalue weighted by Gasteiger charge is -2.25. The van der Waals surface area contributed by atoms with Crippen LogP contribution in [0.15, 0.2) is 59.5 Å². The maximum absolute atomic E-state index is 12.4. The van der Waals surface area contributed by atoms with Crippen LogP contribution in [0.5, 0.6) is 0 Å². The highest BCUT2D eigenvalue weighted by molar-refractivity contribution is 8.00. The number of halogens is 1. The van der Waals surface area contributed by atoms with E-state index in [4.69, 9.17) is 11.6 Å². The van der Waals surface area contributed by atoms with Crippen LogP contribution in [0.3, 0.4) is 0 Å². The van der Waals surface area contributed by atoms with Crippen LogP contribution in [0.25, 0.3) is 0 Å². The van der Waals surface area contributed by atoms with E-state index < -0.39 is 0 Å². The molecule has 0 radical (unpaired) electrons. The van der Waals surface area contributed by atoms with Gasteiger partial charge in [0.25, 0.3) is 0 Å². The van der Waals surface area contributed by atoms with E-state index in [0.717, 1.165) is 11.3 Å². The summed E-state index contributed by atoms with van der Waals surface area (Å²) in [7, 11) is 4.09. The fraction of sp³-hybridized carbons (Fsp3) is 0.350. The molecule has 0 fully saturated rings. The second-order valence-electron chi connectivity index (χ2n) is 6.27. The Labute approximate surface area is 159 Å². The topological polar surface area (TPSA) is 32.3 Å². The van der Waals surface area contributed by atoms with Gasteiger partial charge in [0.2, 0.25) is 5.91 Å². The third kappa shape index (κ3) is 6.73. The molecule has 0 aromatic heterocycles. The first kappa shape index (κ1) is 19.8. The quantitative estimate of drug-likeness (QED) is 0.703. The van der Waals surface area contributed by atoms with Gasteiger partial charge in [-0.25, -0.2) is 0 Å². The highest BCUT2D eigenvalue weighted by Crippen LogP contribution is 2.24. The molecule has 0 aliphatic rings. The molecule has 134 valence electrons. The number of likely N-dealkylation sites (N-methyl/N-ethyl adjacent to an activating group) is 1. The number of nitrogens with one attached hydrogen (secondary N) is 1. The molecule has 2 aromatic rings. The maximum Gasteiger partial charge on any atom is 0.233 e. The van der Waals surface area contributed by atoms with Gasteiger partial charge in [-0.1, -0.05) is 41.9 Å². The molecule has 5 heteroatoms. The van der Waals surface area contributed by atoms with Crippen molar-refractivity contribution in [3.8, 4) is 0 Å². The number of hydrogen-bond donors (Lipinski definition) is 1. The monoisotopic (exact) mass is 376 g/mol. The molecule has 0 bridgehead atoms. The largest absolute Gasteiger partial charge is 0.354 e. The molecule has 2 atom stereocenters. The zero-order valence-corrected chi connectivity index (χ0v) is 16.5. The molecular weight excluding hydrogens is 352 g/mol. The standard InChI is InChI=1S/C20H25ClN2OS/c1-15(25-19-11-9-17(21)10-12-19)20(24)22-14-18(23(2)3)13-16-7-5-4-6-8-16/h4-12,15,18H,13-14H2,1-3H3,(H,22,24). The van der Waals surface area contributed by atoms with Crippen LogP contribution in [0.4, 0.5) is 0 Å². The van der Waals surface area contributed by atoms with Crippen molar-refractivity contribution in [2.45, 2.75) is 29.5 Å². The fourth-order valence-electron chi connectivity index (χ4n) is 2.46. The van der Waals surface area contributed by atoms with E-state index in [0.29, 0.717) is 11.6 Å². The van der Waals surface area contributed by atoms with Crippen LogP contribution in [-0.4, -0.2) is 42.7 Å². The lowest BCUT2D eigenvalue weighted by Crippen LogP contribution is -2.43. The van der Waals surface area contributed by atoms with E-state index in [2.05, 4.69) is 22.3 Å². The van der Waals surface area contributed by atoms with E-state index in [1.807, 2.05) is 63.5 Å². The molecule has 1 amide bonds. The van der Waals surface area contributed by atoms with Gasteiger partial charge < -0.3 is 10.2 Å². The Morgan fingerprint density at radius 1 is 1.12 bits per heavy atom. The number of rotatable bonds is 8. The molecule has 0 aliphatic heterocycles. The molecule has 0 saturated heterocycles. The van der Waals surface area contributed by atoms with E-state index in [1.165, 1.54) is 5.56 Å². The van der Waals surface area contributed by atoms with E-state index in [-0.39, 0.29) is 17.2 Å². The molecule has 1 N–H and O–H groups in total. The van der Waals surface area contributed by atoms with Gasteiger partial charge in [0.05, 0.1) is 5.25 Å². The molecule has 3 nitrogen and oxygen atoms in total. The smallest absolute Gasteiger partial charge is 0.233 e. The fourth-order valence-corrected chi connectivity index (χ4v) is 3.47. The average Bonchev–Trinajstić information content (AvgIpc) is 2.60. The Kier molecular flexibility index (Phi) is 7.82. The summed E-state index contributed by atoms with van der Waals surface area (Å²) in [6.45, 7) is 2.56. The maximum atomic E-state index is 12.4. The summed E-state index contributed by atoms with van der Waals surface area (Å²) in [5.41, 5.74) is 1.28. The highest BCUT2D eigenvalue weighted by Gasteiger charge is 2.18. The van der Waals surface area contributed by atoms with Crippen LogP contribution in [0, 0.1) is 0 Å². The van der Waals surface area contributed by atoms with Crippen LogP contribution in [0.2, 0.25) is 5.02 Å². The Hall–Kier alpha value is -1.49. The first-order valence-corrected chi connectivity index (χ1v) is 9.61. The van der Waals surface area contributed by atoms with Crippen molar-refractivity contribution in [1.29, 1.82) is 0 Å². The van der Waals surface area contributed by atoms with Crippen molar-refractivity contribution < 1.29 is 4.79 Å². The van der Waals surface area contributed by atoms with E-state index >= 15 is 0 Å². The second-order valence-corrected chi connectivity index (χ2v) is 8.12. The predicted molar refractivity (Wildman–Crippen MR) is 107 cm³/mol. The molecule has 0 spiro atoms. The number of thioether (sulfide) groups is 1. The number of benzene rings is 2. The number of nitrogens with zero attached hydrogens (tertiary/aromatic N) is 1. The van der Waals surface area contributed by atoms with Gasteiger partial charge in [-0.15, -0.1) is 11.8 Å². The van der Waals surface area contributed by atoms with Gasteiger partial charge in [-0.3, -0.25) is 4.79 Å². The average molecular weight is 377 g/mol. The van der Waals surface area contributed by atoms with Gasteiger partial charge in [0.1, 0.15) is 0 Å². The molecule has 0 aliphatic carbocycles. The van der Waals surface area contributed by atoms with Crippen molar-refractivity contribution in [3.63, 3.8) is 0 Å². The number of hydrogen-bond acceptors (Lipinski definition) is 3. The number of carbonyl (C=O) groups is 1. The summed E-state index contributed by atoms with van der Waals surface area (Å²) < 4.78 is 0. The van der Waals surface area contributed by atoms with E-state index in [1.54, 1.807) is 11.8 Å². The van der Waals surface area contributed by atoms with Crippen molar-refractivity contribution in [2.24, 2.45) is 0 Å². The predicted octanol–water partition coefficient (Wildman–Crippen LogP) is 4.11. The van der Waals surface area contributed by atoms with Gasteiger partial charge >= 0.3 is 0 Å². The molecule has 2 unspecified atom stereocenters. The SMILES string of the molecule is CC(Sc1ccc(Cl)cc1)C(=O)NCC(Cc1ccccc1)N(C)C. The first-order valence-electron chi connectivity index (χ1n) is 8.36. The van der Waals surface area contributed by atoms with Crippen LogP contribution in [0.1, 0.15) is 12.5 Å². The summed E-state index contributed by atoms with van der Waals surface area (Å²) >= 11 is 7.44. The van der Waals surface area contributed by atoms with E-state index in [9.17, 15) is 4.79 Å². The van der Waals surface area contributed by atoms with Gasteiger partial charge in [0, 0.05) is 22.5 Å². The summed E-state index contributed by atoms with van der Waals surface area (Å²) in [5, 5.41) is 3.64. The molecule has 0 saturated carbocycles. The van der Waals surface area contributed by atoms with Gasteiger partial charge in [-0.2, -0.15) is 0 Å². The zero-order valence-electron chi connectivity index (χ0n) is 14.9. The van der Waals surface area contributed by atoms with Gasteiger partial charge in [0.15, 0.2) is 0 Å². The Balaban J connectivity index is 1.86. The van der Waals surface area contributed by atoms with Crippen LogP contribution >= 0.6 is 23.4 Å². The minimum atomic E-state index is -0.152. The lowest BCUT2D eigenvalue weighted by atomic mass is 10.1. The summed E-state index contributed by atoms with van der Waals surface area (Å²) in [6, 6.07) is 18.2. The normalized spacial score (nSPS) is 13.5. The Bertz CT molecular complexity index is 661. The number of amides is 1. The molecule has 0 heterocycles. The first-order chi connectivity index (χ1) is 12.0. The Morgan fingerprint density at radius 3 is 2.36 bits per heavy atom. The van der Waals surface area contributed by atoms with Gasteiger partial charge in [-0.05, 0) is 57.3 Å². The van der Waals surface area contributed by atoms with Crippen molar-refractivity contribution in [1.82, 2.24) is 10.2 Å². The number of carbonyl (C=O) groups excluding carboxylic acids is 1. The zero-order chi connectivity index (χ0) is 18.2. The third-order valence-corrected chi connectivity index (χ3v) is 5.42.